The van der Waals surface area contributed by atoms with Crippen LogP contribution in [0.3, 0.4) is 0 Å². The first-order valence-electron chi connectivity index (χ1n) is 8.47. The molecule has 0 spiro atoms. The van der Waals surface area contributed by atoms with E-state index < -0.39 is 11.0 Å². The number of nitro groups is 1. The molecule has 8 heteroatoms. The van der Waals surface area contributed by atoms with E-state index in [2.05, 4.69) is 19.2 Å². The zero-order valence-corrected chi connectivity index (χ0v) is 15.7. The minimum atomic E-state index is -0.505. The van der Waals surface area contributed by atoms with Gasteiger partial charge in [-0.15, -0.1) is 11.8 Å². The molecule has 1 fully saturated rings. The number of thioether (sulfide) groups is 1. The molecule has 140 valence electrons. The van der Waals surface area contributed by atoms with Crippen molar-refractivity contribution in [2.45, 2.75) is 26.3 Å². The summed E-state index contributed by atoms with van der Waals surface area (Å²) in [6.07, 6.45) is 3.61. The highest BCUT2D eigenvalue weighted by Crippen LogP contribution is 2.23. The van der Waals surface area contributed by atoms with Crippen LogP contribution in [0.2, 0.25) is 0 Å². The molecule has 1 aliphatic rings. The third-order valence-electron chi connectivity index (χ3n) is 4.03. The highest BCUT2D eigenvalue weighted by Gasteiger charge is 2.33. The number of amides is 2. The first kappa shape index (κ1) is 20.0. The second kappa shape index (κ2) is 9.38. The maximum atomic E-state index is 12.5. The summed E-state index contributed by atoms with van der Waals surface area (Å²) in [7, 11) is 0. The zero-order chi connectivity index (χ0) is 19.1. The Balaban J connectivity index is 2.02. The van der Waals surface area contributed by atoms with E-state index in [-0.39, 0.29) is 17.5 Å². The predicted molar refractivity (Wildman–Crippen MR) is 103 cm³/mol. The summed E-state index contributed by atoms with van der Waals surface area (Å²) in [4.78, 5) is 36.8. The van der Waals surface area contributed by atoms with Crippen LogP contribution in [0.4, 0.5) is 5.69 Å². The van der Waals surface area contributed by atoms with Gasteiger partial charge in [0.2, 0.25) is 11.8 Å². The maximum absolute atomic E-state index is 12.5. The van der Waals surface area contributed by atoms with Gasteiger partial charge in [-0.25, -0.2) is 0 Å². The van der Waals surface area contributed by atoms with Crippen molar-refractivity contribution in [3.05, 3.63) is 46.0 Å². The average Bonchev–Trinajstić information content (AvgIpc) is 3.09. The summed E-state index contributed by atoms with van der Waals surface area (Å²) >= 11 is 1.52. The van der Waals surface area contributed by atoms with Crippen LogP contribution in [0.15, 0.2) is 30.3 Å². The highest BCUT2D eigenvalue weighted by molar-refractivity contribution is 7.99. The Morgan fingerprint density at radius 3 is 2.85 bits per heavy atom. The molecule has 0 aromatic heterocycles. The van der Waals surface area contributed by atoms with Gasteiger partial charge in [0.15, 0.2) is 0 Å². The molecule has 0 bridgehead atoms. The summed E-state index contributed by atoms with van der Waals surface area (Å²) in [5.74, 6) is 1.01. The molecule has 0 radical (unpaired) electrons. The van der Waals surface area contributed by atoms with Gasteiger partial charge in [0.25, 0.3) is 5.69 Å². The van der Waals surface area contributed by atoms with E-state index in [1.54, 1.807) is 18.2 Å². The van der Waals surface area contributed by atoms with E-state index in [0.717, 1.165) is 6.42 Å². The Labute approximate surface area is 157 Å². The minimum Gasteiger partial charge on any atom is -0.354 e. The summed E-state index contributed by atoms with van der Waals surface area (Å²) in [5.41, 5.74) is 0.297. The first-order chi connectivity index (χ1) is 12.4. The number of hydrogen-bond acceptors (Lipinski definition) is 5. The molecular formula is C18H23N3O4S. The summed E-state index contributed by atoms with van der Waals surface area (Å²) in [6.45, 7) is 4.76. The summed E-state index contributed by atoms with van der Waals surface area (Å²) in [6, 6.07) is 5.72. The molecule has 1 unspecified atom stereocenters. The molecule has 0 aliphatic carbocycles. The number of carbonyl (C=O) groups is 2. The predicted octanol–water partition coefficient (Wildman–Crippen LogP) is 2.67. The van der Waals surface area contributed by atoms with Crippen LogP contribution in [0.1, 0.15) is 25.8 Å². The van der Waals surface area contributed by atoms with Crippen LogP contribution in [0.5, 0.6) is 0 Å². The number of carbonyl (C=O) groups excluding carboxylic acids is 2. The lowest BCUT2D eigenvalue weighted by molar-refractivity contribution is -0.385. The molecular weight excluding hydrogens is 354 g/mol. The van der Waals surface area contributed by atoms with Gasteiger partial charge in [-0.05, 0) is 24.5 Å². The number of nitro benzene ring substituents is 1. The molecule has 1 aromatic rings. The number of nitrogens with one attached hydrogen (secondary N) is 1. The van der Waals surface area contributed by atoms with Crippen molar-refractivity contribution in [1.82, 2.24) is 10.2 Å². The van der Waals surface area contributed by atoms with Gasteiger partial charge in [-0.2, -0.15) is 0 Å². The molecule has 1 aliphatic heterocycles. The first-order valence-corrected chi connectivity index (χ1v) is 9.63. The molecule has 1 aromatic carbocycles. The fourth-order valence-electron chi connectivity index (χ4n) is 2.53. The van der Waals surface area contributed by atoms with Crippen molar-refractivity contribution >= 4 is 35.3 Å². The third-order valence-corrected chi connectivity index (χ3v) is 5.04. The SMILES string of the molecule is CC(C)CCNC(=O)C1CSCN1C(=O)C=Cc1ccccc1[N+](=O)[O-]. The van der Waals surface area contributed by atoms with E-state index in [0.29, 0.717) is 29.7 Å². The molecule has 1 atom stereocenters. The van der Waals surface area contributed by atoms with Gasteiger partial charge in [-0.1, -0.05) is 26.0 Å². The number of rotatable bonds is 7. The van der Waals surface area contributed by atoms with Gasteiger partial charge >= 0.3 is 0 Å². The Hall–Kier alpha value is -2.35. The van der Waals surface area contributed by atoms with Crippen molar-refractivity contribution in [3.63, 3.8) is 0 Å². The Morgan fingerprint density at radius 2 is 2.15 bits per heavy atom. The second-order valence-electron chi connectivity index (χ2n) is 6.45. The highest BCUT2D eigenvalue weighted by atomic mass is 32.2. The van der Waals surface area contributed by atoms with Crippen molar-refractivity contribution in [2.75, 3.05) is 18.2 Å². The lowest BCUT2D eigenvalue weighted by atomic mass is 10.1. The molecule has 7 nitrogen and oxygen atoms in total. The van der Waals surface area contributed by atoms with E-state index in [4.69, 9.17) is 0 Å². The molecule has 26 heavy (non-hydrogen) atoms. The van der Waals surface area contributed by atoms with Crippen LogP contribution in [0, 0.1) is 16.0 Å². The average molecular weight is 377 g/mol. The quantitative estimate of drug-likeness (QED) is 0.448. The van der Waals surface area contributed by atoms with Crippen molar-refractivity contribution in [1.29, 1.82) is 0 Å². The standard InChI is InChI=1S/C18H23N3O4S/c1-13(2)9-10-19-18(23)16-11-26-12-20(16)17(22)8-7-14-5-3-4-6-15(14)21(24)25/h3-8,13,16H,9-12H2,1-2H3,(H,19,23). The zero-order valence-electron chi connectivity index (χ0n) is 14.9. The minimum absolute atomic E-state index is 0.0599. The summed E-state index contributed by atoms with van der Waals surface area (Å²) in [5, 5.41) is 13.9. The van der Waals surface area contributed by atoms with E-state index >= 15 is 0 Å². The molecule has 2 rings (SSSR count). The maximum Gasteiger partial charge on any atom is 0.276 e. The van der Waals surface area contributed by atoms with Crippen LogP contribution in [-0.2, 0) is 9.59 Å². The van der Waals surface area contributed by atoms with Crippen molar-refractivity contribution in [2.24, 2.45) is 5.92 Å². The van der Waals surface area contributed by atoms with Crippen LogP contribution in [-0.4, -0.2) is 45.9 Å². The van der Waals surface area contributed by atoms with Crippen LogP contribution >= 0.6 is 11.8 Å². The number of nitrogens with zero attached hydrogens (tertiary/aromatic N) is 2. The largest absolute Gasteiger partial charge is 0.354 e. The fourth-order valence-corrected chi connectivity index (χ4v) is 3.69. The van der Waals surface area contributed by atoms with Gasteiger partial charge in [-0.3, -0.25) is 19.7 Å². The van der Waals surface area contributed by atoms with E-state index in [9.17, 15) is 19.7 Å². The van der Waals surface area contributed by atoms with E-state index in [1.807, 2.05) is 0 Å². The van der Waals surface area contributed by atoms with Crippen molar-refractivity contribution < 1.29 is 14.5 Å². The monoisotopic (exact) mass is 377 g/mol. The van der Waals surface area contributed by atoms with E-state index in [1.165, 1.54) is 34.9 Å². The lowest BCUT2D eigenvalue weighted by Gasteiger charge is -2.22. The Kier molecular flexibility index (Phi) is 7.20. The molecule has 1 N–H and O–H groups in total. The molecule has 2 amide bonds. The van der Waals surface area contributed by atoms with Crippen molar-refractivity contribution in [3.8, 4) is 0 Å². The number of hydrogen-bond donors (Lipinski definition) is 1. The lowest BCUT2D eigenvalue weighted by Crippen LogP contribution is -2.47. The number of para-hydroxylation sites is 1. The molecule has 1 saturated heterocycles. The summed E-state index contributed by atoms with van der Waals surface area (Å²) < 4.78 is 0. The van der Waals surface area contributed by atoms with Crippen LogP contribution in [0.25, 0.3) is 6.08 Å². The molecule has 1 heterocycles. The third kappa shape index (κ3) is 5.32. The molecule has 0 saturated carbocycles. The number of benzene rings is 1. The topological polar surface area (TPSA) is 92.6 Å². The van der Waals surface area contributed by atoms with Gasteiger partial charge in [0, 0.05) is 24.4 Å². The normalized spacial score (nSPS) is 17.0. The van der Waals surface area contributed by atoms with Crippen LogP contribution < -0.4 is 5.32 Å². The smallest absolute Gasteiger partial charge is 0.276 e. The van der Waals surface area contributed by atoms with Gasteiger partial charge in [0.1, 0.15) is 6.04 Å². The fraction of sp³-hybridized carbons (Fsp3) is 0.444. The Bertz CT molecular complexity index is 705. The second-order valence-corrected chi connectivity index (χ2v) is 7.45. The van der Waals surface area contributed by atoms with Gasteiger partial charge in [0.05, 0.1) is 16.4 Å². The van der Waals surface area contributed by atoms with Gasteiger partial charge < -0.3 is 10.2 Å². The Morgan fingerprint density at radius 1 is 1.42 bits per heavy atom.